The molecule has 0 spiro atoms. The van der Waals surface area contributed by atoms with E-state index in [0.717, 1.165) is 12.8 Å². The maximum Gasteiger partial charge on any atom is 0.258 e. The second-order valence-electron chi connectivity index (χ2n) is 9.35. The Kier molecular flexibility index (Phi) is 4.84. The van der Waals surface area contributed by atoms with Crippen LogP contribution in [-0.4, -0.2) is 54.3 Å². The number of aryl methyl sites for hydroxylation is 2. The van der Waals surface area contributed by atoms with E-state index in [4.69, 9.17) is 9.15 Å². The Hall–Kier alpha value is -2.15. The van der Waals surface area contributed by atoms with Gasteiger partial charge in [0.15, 0.2) is 5.78 Å². The second-order valence-corrected chi connectivity index (χ2v) is 9.35. The summed E-state index contributed by atoms with van der Waals surface area (Å²) in [5.41, 5.74) is -0.208. The molecule has 3 aliphatic rings. The van der Waals surface area contributed by atoms with Crippen LogP contribution < -0.4 is 5.32 Å². The lowest BCUT2D eigenvalue weighted by atomic mass is 9.79. The van der Waals surface area contributed by atoms with Crippen molar-refractivity contribution >= 4 is 17.6 Å². The summed E-state index contributed by atoms with van der Waals surface area (Å²) in [6, 6.07) is 0. The zero-order valence-electron chi connectivity index (χ0n) is 17.7. The van der Waals surface area contributed by atoms with Crippen LogP contribution >= 0.6 is 0 Å². The summed E-state index contributed by atoms with van der Waals surface area (Å²) in [6.07, 6.45) is 2.70. The molecule has 0 unspecified atom stereocenters. The van der Waals surface area contributed by atoms with Gasteiger partial charge in [-0.3, -0.25) is 14.4 Å². The third-order valence-corrected chi connectivity index (χ3v) is 6.91. The molecule has 4 rings (SSSR count). The number of ketones is 1. The highest BCUT2D eigenvalue weighted by molar-refractivity contribution is 6.10. The van der Waals surface area contributed by atoms with E-state index < -0.39 is 5.41 Å². The molecule has 158 valence electrons. The van der Waals surface area contributed by atoms with E-state index in [9.17, 15) is 14.4 Å². The molecule has 7 nitrogen and oxygen atoms in total. The van der Waals surface area contributed by atoms with Crippen molar-refractivity contribution in [2.24, 2.45) is 11.3 Å². The van der Waals surface area contributed by atoms with Gasteiger partial charge in [0, 0.05) is 37.4 Å². The number of carbonyl (C=O) groups excluding carboxylic acids is 3. The Morgan fingerprint density at radius 3 is 2.79 bits per heavy atom. The first-order valence-corrected chi connectivity index (χ1v) is 10.5. The first-order valence-electron chi connectivity index (χ1n) is 10.5. The zero-order valence-corrected chi connectivity index (χ0v) is 17.7. The lowest BCUT2D eigenvalue weighted by molar-refractivity contribution is -0.133. The molecule has 29 heavy (non-hydrogen) atoms. The average Bonchev–Trinajstić information content (AvgIpc) is 3.31. The molecule has 2 amide bonds. The fourth-order valence-electron chi connectivity index (χ4n) is 4.76. The number of fused-ring (bicyclic) bond motifs is 2. The van der Waals surface area contributed by atoms with Crippen molar-refractivity contribution in [3.05, 3.63) is 22.6 Å². The quantitative estimate of drug-likeness (QED) is 0.836. The van der Waals surface area contributed by atoms with Gasteiger partial charge in [0.2, 0.25) is 5.91 Å². The molecular formula is C22H30N2O5. The first kappa shape index (κ1) is 20.1. The molecule has 0 radical (unpaired) electrons. The minimum Gasteiger partial charge on any atom is -0.465 e. The van der Waals surface area contributed by atoms with Crippen molar-refractivity contribution in [1.82, 2.24) is 10.2 Å². The third kappa shape index (κ3) is 3.19. The van der Waals surface area contributed by atoms with E-state index in [1.165, 1.54) is 0 Å². The van der Waals surface area contributed by atoms with E-state index in [2.05, 4.69) is 5.32 Å². The smallest absolute Gasteiger partial charge is 0.258 e. The number of hydrogen-bond acceptors (Lipinski definition) is 5. The minimum absolute atomic E-state index is 0.0219. The maximum absolute atomic E-state index is 13.4. The van der Waals surface area contributed by atoms with E-state index >= 15 is 0 Å². The van der Waals surface area contributed by atoms with Gasteiger partial charge >= 0.3 is 0 Å². The Labute approximate surface area is 171 Å². The highest BCUT2D eigenvalue weighted by Crippen LogP contribution is 2.43. The molecule has 0 bridgehead atoms. The third-order valence-electron chi connectivity index (χ3n) is 6.91. The van der Waals surface area contributed by atoms with Crippen LogP contribution in [0.15, 0.2) is 4.42 Å². The number of carbonyl (C=O) groups is 3. The Bertz CT molecular complexity index is 871. The van der Waals surface area contributed by atoms with Gasteiger partial charge in [-0.25, -0.2) is 0 Å². The fourth-order valence-corrected chi connectivity index (χ4v) is 4.76. The van der Waals surface area contributed by atoms with Gasteiger partial charge in [-0.15, -0.1) is 0 Å². The number of furan rings is 1. The van der Waals surface area contributed by atoms with Gasteiger partial charge in [0.25, 0.3) is 5.91 Å². The van der Waals surface area contributed by atoms with Crippen LogP contribution in [0.5, 0.6) is 0 Å². The van der Waals surface area contributed by atoms with Crippen molar-refractivity contribution in [2.45, 2.75) is 58.9 Å². The molecular weight excluding hydrogens is 372 g/mol. The number of ether oxygens (including phenoxy) is 1. The van der Waals surface area contributed by atoms with Crippen LogP contribution in [0.3, 0.4) is 0 Å². The van der Waals surface area contributed by atoms with E-state index in [0.29, 0.717) is 61.8 Å². The first-order chi connectivity index (χ1) is 13.7. The average molecular weight is 402 g/mol. The number of rotatable bonds is 4. The van der Waals surface area contributed by atoms with E-state index in [-0.39, 0.29) is 29.1 Å². The van der Waals surface area contributed by atoms with Crippen LogP contribution in [-0.2, 0) is 16.0 Å². The molecule has 3 heterocycles. The summed E-state index contributed by atoms with van der Waals surface area (Å²) in [4.78, 5) is 40.8. The summed E-state index contributed by atoms with van der Waals surface area (Å²) >= 11 is 0. The van der Waals surface area contributed by atoms with Crippen molar-refractivity contribution in [1.29, 1.82) is 0 Å². The largest absolute Gasteiger partial charge is 0.465 e. The molecule has 1 aromatic heterocycles. The number of hydrogen-bond donors (Lipinski definition) is 1. The molecule has 0 saturated carbocycles. The molecule has 1 aromatic rings. The zero-order chi connectivity index (χ0) is 21.0. The Balaban J connectivity index is 1.61. The molecule has 2 atom stereocenters. The molecule has 7 heteroatoms. The summed E-state index contributed by atoms with van der Waals surface area (Å²) in [6.45, 7) is 9.30. The molecule has 1 aliphatic carbocycles. The van der Waals surface area contributed by atoms with Crippen molar-refractivity contribution in [2.75, 3.05) is 26.3 Å². The highest BCUT2D eigenvalue weighted by Gasteiger charge is 2.57. The SMILES string of the molecule is CCC(C)(C)NC(=O)[C@@]12COC[C@@H]1CN(C(=O)c1c(C)oc3c1C(=O)CCC3)C2. The number of amides is 2. The molecule has 0 aromatic carbocycles. The number of nitrogens with zero attached hydrogens (tertiary/aromatic N) is 1. The van der Waals surface area contributed by atoms with Crippen molar-refractivity contribution in [3.8, 4) is 0 Å². The van der Waals surface area contributed by atoms with Gasteiger partial charge in [0.1, 0.15) is 11.5 Å². The summed E-state index contributed by atoms with van der Waals surface area (Å²) < 4.78 is 11.4. The predicted octanol–water partition coefficient (Wildman–Crippen LogP) is 2.50. The van der Waals surface area contributed by atoms with Gasteiger partial charge in [-0.2, -0.15) is 0 Å². The number of likely N-dealkylation sites (tertiary alicyclic amines) is 1. The van der Waals surface area contributed by atoms with Crippen LogP contribution in [0.1, 0.15) is 72.3 Å². The number of nitrogens with one attached hydrogen (secondary N) is 1. The number of Topliss-reactive ketones (excluding diaryl/α,β-unsaturated/α-hetero) is 1. The molecule has 2 aliphatic heterocycles. The summed E-state index contributed by atoms with van der Waals surface area (Å²) in [5.74, 6) is 0.795. The Morgan fingerprint density at radius 1 is 1.31 bits per heavy atom. The van der Waals surface area contributed by atoms with Crippen LogP contribution in [0.25, 0.3) is 0 Å². The van der Waals surface area contributed by atoms with Crippen LogP contribution in [0.4, 0.5) is 0 Å². The van der Waals surface area contributed by atoms with Crippen LogP contribution in [0.2, 0.25) is 0 Å². The monoisotopic (exact) mass is 402 g/mol. The normalized spacial score (nSPS) is 26.4. The lowest BCUT2D eigenvalue weighted by Crippen LogP contribution is -2.53. The van der Waals surface area contributed by atoms with E-state index in [1.807, 2.05) is 20.8 Å². The summed E-state index contributed by atoms with van der Waals surface area (Å²) in [5, 5.41) is 3.14. The predicted molar refractivity (Wildman–Crippen MR) is 106 cm³/mol. The van der Waals surface area contributed by atoms with Gasteiger partial charge in [-0.05, 0) is 33.6 Å². The fraction of sp³-hybridized carbons (Fsp3) is 0.682. The van der Waals surface area contributed by atoms with Crippen LogP contribution in [0, 0.1) is 18.3 Å². The summed E-state index contributed by atoms with van der Waals surface area (Å²) in [7, 11) is 0. The topological polar surface area (TPSA) is 88.8 Å². The standard InChI is InChI=1S/C22H30N2O5/c1-5-21(3,4)23-20(27)22-11-24(9-14(22)10-28-12-22)19(26)17-13(2)29-16-8-6-7-15(25)18(16)17/h14H,5-12H2,1-4H3,(H,23,27)/t14-,22-/m0/s1. The Morgan fingerprint density at radius 2 is 2.07 bits per heavy atom. The lowest BCUT2D eigenvalue weighted by Gasteiger charge is -2.32. The van der Waals surface area contributed by atoms with E-state index in [1.54, 1.807) is 11.8 Å². The van der Waals surface area contributed by atoms with Gasteiger partial charge < -0.3 is 19.4 Å². The highest BCUT2D eigenvalue weighted by atomic mass is 16.5. The molecule has 2 saturated heterocycles. The maximum atomic E-state index is 13.4. The van der Waals surface area contributed by atoms with Gasteiger partial charge in [-0.1, -0.05) is 6.92 Å². The second kappa shape index (κ2) is 6.97. The van der Waals surface area contributed by atoms with Crippen molar-refractivity contribution in [3.63, 3.8) is 0 Å². The minimum atomic E-state index is -0.732. The molecule has 1 N–H and O–H groups in total. The molecule has 2 fully saturated rings. The van der Waals surface area contributed by atoms with Gasteiger partial charge in [0.05, 0.1) is 29.8 Å². The van der Waals surface area contributed by atoms with Crippen molar-refractivity contribution < 1.29 is 23.5 Å².